The van der Waals surface area contributed by atoms with Gasteiger partial charge >= 0.3 is 0 Å². The second-order valence-electron chi connectivity index (χ2n) is 6.43. The first-order valence-electron chi connectivity index (χ1n) is 8.65. The molecule has 1 aliphatic rings. The molecule has 0 bridgehead atoms. The molecule has 2 N–H and O–H groups in total. The molecule has 1 aromatic carbocycles. The van der Waals surface area contributed by atoms with Gasteiger partial charge in [0.1, 0.15) is 0 Å². The number of carbonyl (C=O) groups is 1. The zero-order valence-electron chi connectivity index (χ0n) is 13.9. The predicted molar refractivity (Wildman–Crippen MR) is 98.0 cm³/mol. The first-order valence-corrected chi connectivity index (χ1v) is 9.06. The molecule has 0 saturated heterocycles. The molecule has 1 heterocycles. The van der Waals surface area contributed by atoms with Crippen LogP contribution in [0.2, 0.25) is 0 Å². The van der Waals surface area contributed by atoms with Crippen molar-refractivity contribution in [2.75, 3.05) is 6.54 Å². The number of fused-ring (bicyclic) bond motifs is 1. The molecule has 1 amide bonds. The number of rotatable bonds is 5. The number of nitrogens with zero attached hydrogens (tertiary/aromatic N) is 1. The highest BCUT2D eigenvalue weighted by molar-refractivity contribution is 7.71. The van der Waals surface area contributed by atoms with Crippen molar-refractivity contribution in [2.45, 2.75) is 45.6 Å². The average Bonchev–Trinajstić information content (AvgIpc) is 3.08. The average molecular weight is 345 g/mol. The summed E-state index contributed by atoms with van der Waals surface area (Å²) < 4.78 is 1.90. The molecule has 5 nitrogen and oxygen atoms in total. The lowest BCUT2D eigenvalue weighted by Crippen LogP contribution is -2.26. The van der Waals surface area contributed by atoms with Gasteiger partial charge in [0, 0.05) is 18.7 Å². The van der Waals surface area contributed by atoms with Gasteiger partial charge in [-0.1, -0.05) is 25.7 Å². The molecule has 2 aromatic rings. The highest BCUT2D eigenvalue weighted by Gasteiger charge is 2.15. The van der Waals surface area contributed by atoms with Gasteiger partial charge in [-0.2, -0.15) is 0 Å². The summed E-state index contributed by atoms with van der Waals surface area (Å²) in [5.74, 6) is 0.652. The van der Waals surface area contributed by atoms with Crippen molar-refractivity contribution in [1.29, 1.82) is 0 Å². The lowest BCUT2D eigenvalue weighted by Gasteiger charge is -2.10. The van der Waals surface area contributed by atoms with Gasteiger partial charge in [-0.15, -0.1) is 0 Å². The summed E-state index contributed by atoms with van der Waals surface area (Å²) in [6.45, 7) is 3.10. The molecule has 0 aliphatic heterocycles. The monoisotopic (exact) mass is 345 g/mol. The maximum atomic E-state index is 12.4. The second-order valence-corrected chi connectivity index (χ2v) is 6.82. The first kappa shape index (κ1) is 16.9. The second kappa shape index (κ2) is 7.30. The highest BCUT2D eigenvalue weighted by Crippen LogP contribution is 2.26. The molecular formula is C18H23N3O2S. The maximum absolute atomic E-state index is 12.4. The molecule has 1 saturated carbocycles. The van der Waals surface area contributed by atoms with E-state index in [2.05, 4.69) is 10.3 Å². The van der Waals surface area contributed by atoms with E-state index in [9.17, 15) is 9.59 Å². The van der Waals surface area contributed by atoms with Crippen LogP contribution in [0, 0.1) is 10.7 Å². The van der Waals surface area contributed by atoms with Crippen molar-refractivity contribution in [3.05, 3.63) is 38.9 Å². The number of aromatic nitrogens is 2. The van der Waals surface area contributed by atoms with E-state index in [0.717, 1.165) is 12.3 Å². The molecule has 0 radical (unpaired) electrons. The molecule has 3 rings (SSSR count). The van der Waals surface area contributed by atoms with Crippen LogP contribution >= 0.6 is 12.2 Å². The Labute approximate surface area is 146 Å². The zero-order valence-corrected chi connectivity index (χ0v) is 14.7. The fourth-order valence-corrected chi connectivity index (χ4v) is 3.80. The van der Waals surface area contributed by atoms with Crippen LogP contribution in [0.5, 0.6) is 0 Å². The lowest BCUT2D eigenvalue weighted by molar-refractivity contribution is 0.0951. The van der Waals surface area contributed by atoms with E-state index < -0.39 is 0 Å². The van der Waals surface area contributed by atoms with Crippen LogP contribution in [-0.4, -0.2) is 22.0 Å². The van der Waals surface area contributed by atoms with Crippen molar-refractivity contribution >= 4 is 29.0 Å². The van der Waals surface area contributed by atoms with Crippen LogP contribution in [0.25, 0.3) is 10.9 Å². The topological polar surface area (TPSA) is 66.9 Å². The Morgan fingerprint density at radius 2 is 2.12 bits per heavy atom. The van der Waals surface area contributed by atoms with Gasteiger partial charge in [-0.25, -0.2) is 0 Å². The number of aromatic amines is 1. The number of hydrogen-bond acceptors (Lipinski definition) is 3. The Balaban J connectivity index is 1.76. The van der Waals surface area contributed by atoms with Crippen LogP contribution in [0.3, 0.4) is 0 Å². The summed E-state index contributed by atoms with van der Waals surface area (Å²) >= 11 is 5.21. The molecule has 6 heteroatoms. The minimum Gasteiger partial charge on any atom is -0.352 e. The third-order valence-corrected chi connectivity index (χ3v) is 5.20. The van der Waals surface area contributed by atoms with Crippen molar-refractivity contribution in [3.8, 4) is 0 Å². The molecular weight excluding hydrogens is 322 g/mol. The molecule has 1 aliphatic carbocycles. The summed E-state index contributed by atoms with van der Waals surface area (Å²) in [5.41, 5.74) is 1.04. The quantitative estimate of drug-likeness (QED) is 0.816. The summed E-state index contributed by atoms with van der Waals surface area (Å²) in [7, 11) is 0. The Kier molecular flexibility index (Phi) is 5.14. The van der Waals surface area contributed by atoms with E-state index >= 15 is 0 Å². The van der Waals surface area contributed by atoms with E-state index in [0.29, 0.717) is 34.3 Å². The van der Waals surface area contributed by atoms with Crippen LogP contribution in [0.4, 0.5) is 0 Å². The van der Waals surface area contributed by atoms with E-state index in [4.69, 9.17) is 12.2 Å². The highest BCUT2D eigenvalue weighted by atomic mass is 32.1. The van der Waals surface area contributed by atoms with Gasteiger partial charge in [-0.05, 0) is 49.7 Å². The van der Waals surface area contributed by atoms with Gasteiger partial charge < -0.3 is 10.3 Å². The number of nitrogens with one attached hydrogen (secondary N) is 2. The van der Waals surface area contributed by atoms with E-state index in [-0.39, 0.29) is 11.5 Å². The Morgan fingerprint density at radius 1 is 1.38 bits per heavy atom. The van der Waals surface area contributed by atoms with Crippen molar-refractivity contribution in [3.63, 3.8) is 0 Å². The molecule has 1 aromatic heterocycles. The van der Waals surface area contributed by atoms with E-state index in [1.165, 1.54) is 30.3 Å². The predicted octanol–water partition coefficient (Wildman–Crippen LogP) is 3.39. The van der Waals surface area contributed by atoms with Gasteiger partial charge in [0.15, 0.2) is 4.77 Å². The van der Waals surface area contributed by atoms with Gasteiger partial charge in [-0.3, -0.25) is 14.2 Å². The van der Waals surface area contributed by atoms with Crippen molar-refractivity contribution in [2.24, 2.45) is 5.92 Å². The van der Waals surface area contributed by atoms with E-state index in [1.807, 2.05) is 6.92 Å². The minimum absolute atomic E-state index is 0.103. The Morgan fingerprint density at radius 3 is 2.83 bits per heavy atom. The largest absolute Gasteiger partial charge is 0.352 e. The zero-order chi connectivity index (χ0) is 17.1. The van der Waals surface area contributed by atoms with Crippen molar-refractivity contribution in [1.82, 2.24) is 14.9 Å². The fourth-order valence-electron chi connectivity index (χ4n) is 3.47. The van der Waals surface area contributed by atoms with Crippen LogP contribution in [0.15, 0.2) is 23.0 Å². The summed E-state index contributed by atoms with van der Waals surface area (Å²) in [6, 6.07) is 5.10. The lowest BCUT2D eigenvalue weighted by atomic mass is 10.0. The molecule has 0 spiro atoms. The van der Waals surface area contributed by atoms with Gasteiger partial charge in [0.25, 0.3) is 11.5 Å². The Hall–Kier alpha value is -1.95. The summed E-state index contributed by atoms with van der Waals surface area (Å²) in [6.07, 6.45) is 6.25. The summed E-state index contributed by atoms with van der Waals surface area (Å²) in [5, 5.41) is 3.53. The molecule has 128 valence electrons. The minimum atomic E-state index is -0.121. The number of H-pyrrole nitrogens is 1. The number of hydrogen-bond donors (Lipinski definition) is 2. The molecule has 0 atom stereocenters. The maximum Gasteiger partial charge on any atom is 0.262 e. The van der Waals surface area contributed by atoms with E-state index in [1.54, 1.807) is 18.2 Å². The van der Waals surface area contributed by atoms with Crippen molar-refractivity contribution < 1.29 is 4.79 Å². The third kappa shape index (κ3) is 3.43. The molecule has 24 heavy (non-hydrogen) atoms. The Bertz CT molecular complexity index is 863. The normalized spacial score (nSPS) is 15.0. The number of benzene rings is 1. The number of amides is 1. The molecule has 1 fully saturated rings. The number of carbonyl (C=O) groups excluding carboxylic acids is 1. The standard InChI is InChI=1S/C18H23N3O2S/c1-2-21-17(23)14-8-7-13(11-15(14)20-18(21)24)16(22)19-10-9-12-5-3-4-6-12/h7-8,11-12H,2-6,9-10H2,1H3,(H,19,22)(H,20,24). The van der Waals surface area contributed by atoms with Gasteiger partial charge in [0.2, 0.25) is 0 Å². The fraction of sp³-hybridized carbons (Fsp3) is 0.500. The SMILES string of the molecule is CCn1c(=S)[nH]c2cc(C(=O)NCCC3CCCC3)ccc2c1=O. The molecule has 0 unspecified atom stereocenters. The van der Waals surface area contributed by atoms with Gasteiger partial charge in [0.05, 0.1) is 10.9 Å². The van der Waals surface area contributed by atoms with Crippen LogP contribution in [0.1, 0.15) is 49.4 Å². The van der Waals surface area contributed by atoms with Crippen LogP contribution < -0.4 is 10.9 Å². The third-order valence-electron chi connectivity index (χ3n) is 4.87. The first-order chi connectivity index (χ1) is 11.6. The summed E-state index contributed by atoms with van der Waals surface area (Å²) in [4.78, 5) is 27.7. The van der Waals surface area contributed by atoms with Crippen LogP contribution in [-0.2, 0) is 6.54 Å². The smallest absolute Gasteiger partial charge is 0.262 e.